The Morgan fingerprint density at radius 1 is 1.42 bits per heavy atom. The summed E-state index contributed by atoms with van der Waals surface area (Å²) in [6.45, 7) is 0.00956. The number of rotatable bonds is 3. The molecule has 1 amide bonds. The first kappa shape index (κ1) is 13.7. The monoisotopic (exact) mass is 290 g/mol. The molecular weight excluding hydrogens is 278 g/mol. The van der Waals surface area contributed by atoms with E-state index in [-0.39, 0.29) is 24.3 Å². The van der Waals surface area contributed by atoms with Crippen LogP contribution in [0.2, 0.25) is 0 Å². The molecule has 1 aliphatic heterocycles. The van der Waals surface area contributed by atoms with Crippen molar-refractivity contribution in [2.45, 2.75) is 6.42 Å². The van der Waals surface area contributed by atoms with Crippen molar-refractivity contribution in [3.63, 3.8) is 0 Å². The summed E-state index contributed by atoms with van der Waals surface area (Å²) in [5.74, 6) is -2.32. The zero-order chi connectivity index (χ0) is 14.2. The van der Waals surface area contributed by atoms with E-state index in [0.717, 1.165) is 12.1 Å². The summed E-state index contributed by atoms with van der Waals surface area (Å²) in [7, 11) is -4.64. The van der Waals surface area contributed by atoms with E-state index in [1.807, 2.05) is 0 Å². The van der Waals surface area contributed by atoms with Crippen molar-refractivity contribution < 1.29 is 21.5 Å². The second-order valence-corrected chi connectivity index (χ2v) is 5.89. The maximum absolute atomic E-state index is 13.1. The Balaban J connectivity index is 2.23. The van der Waals surface area contributed by atoms with Crippen LogP contribution in [-0.2, 0) is 15.0 Å². The molecule has 8 heteroatoms. The largest absolute Gasteiger partial charge is 0.397 e. The maximum atomic E-state index is 13.1. The molecule has 1 fully saturated rings. The van der Waals surface area contributed by atoms with Gasteiger partial charge in [-0.1, -0.05) is 0 Å². The molecule has 1 aromatic rings. The van der Waals surface area contributed by atoms with E-state index in [1.54, 1.807) is 0 Å². The number of benzene rings is 1. The van der Waals surface area contributed by atoms with Gasteiger partial charge in [-0.05, 0) is 18.2 Å². The molecule has 0 aromatic heterocycles. The van der Waals surface area contributed by atoms with E-state index < -0.39 is 33.6 Å². The summed E-state index contributed by atoms with van der Waals surface area (Å²) in [6.07, 6.45) is -0.0981. The van der Waals surface area contributed by atoms with Crippen LogP contribution in [0, 0.1) is 11.7 Å². The summed E-state index contributed by atoms with van der Waals surface area (Å²) in [5, 5.41) is 0. The van der Waals surface area contributed by atoms with Crippen LogP contribution < -0.4 is 10.6 Å². The predicted octanol–water partition coefficient (Wildman–Crippen LogP) is 1.06. The van der Waals surface area contributed by atoms with E-state index in [4.69, 9.17) is 5.73 Å². The molecule has 1 aliphatic rings. The van der Waals surface area contributed by atoms with Crippen molar-refractivity contribution in [2.75, 3.05) is 22.9 Å². The van der Waals surface area contributed by atoms with Crippen LogP contribution in [0.3, 0.4) is 0 Å². The van der Waals surface area contributed by atoms with Gasteiger partial charge in [-0.2, -0.15) is 8.42 Å². The molecule has 1 aromatic carbocycles. The molecule has 19 heavy (non-hydrogen) atoms. The first-order valence-electron chi connectivity index (χ1n) is 5.54. The number of nitrogen functional groups attached to an aromatic ring is 1. The van der Waals surface area contributed by atoms with Gasteiger partial charge in [0.15, 0.2) is 0 Å². The van der Waals surface area contributed by atoms with E-state index in [1.165, 1.54) is 11.0 Å². The van der Waals surface area contributed by atoms with Gasteiger partial charge >= 0.3 is 10.2 Å². The fourth-order valence-electron chi connectivity index (χ4n) is 2.16. The van der Waals surface area contributed by atoms with E-state index in [9.17, 15) is 21.5 Å². The number of halogens is 2. The summed E-state index contributed by atoms with van der Waals surface area (Å²) in [5.41, 5.74) is 6.04. The van der Waals surface area contributed by atoms with Crippen LogP contribution in [0.25, 0.3) is 0 Å². The van der Waals surface area contributed by atoms with Gasteiger partial charge in [0, 0.05) is 18.9 Å². The zero-order valence-electron chi connectivity index (χ0n) is 9.84. The minimum absolute atomic E-state index is 0.00956. The van der Waals surface area contributed by atoms with Crippen molar-refractivity contribution >= 4 is 27.5 Å². The minimum Gasteiger partial charge on any atom is -0.397 e. The van der Waals surface area contributed by atoms with Crippen molar-refractivity contribution in [1.29, 1.82) is 0 Å². The first-order chi connectivity index (χ1) is 8.76. The molecule has 0 aliphatic carbocycles. The first-order valence-corrected chi connectivity index (χ1v) is 7.09. The molecule has 5 nitrogen and oxygen atoms in total. The highest BCUT2D eigenvalue weighted by Gasteiger charge is 2.34. The molecule has 0 spiro atoms. The Hall–Kier alpha value is -1.70. The smallest absolute Gasteiger partial charge is 0.302 e. The van der Waals surface area contributed by atoms with Gasteiger partial charge in [0.05, 0.1) is 17.1 Å². The maximum Gasteiger partial charge on any atom is 0.302 e. The average molecular weight is 290 g/mol. The molecule has 1 saturated heterocycles. The summed E-state index contributed by atoms with van der Waals surface area (Å²) in [4.78, 5) is 13.0. The molecule has 2 rings (SSSR count). The third-order valence-corrected chi connectivity index (χ3v) is 3.79. The lowest BCUT2D eigenvalue weighted by atomic mass is 10.1. The van der Waals surface area contributed by atoms with Gasteiger partial charge in [-0.15, -0.1) is 3.89 Å². The minimum atomic E-state index is -4.64. The molecule has 1 heterocycles. The third-order valence-electron chi connectivity index (χ3n) is 2.92. The molecule has 104 valence electrons. The van der Waals surface area contributed by atoms with Crippen molar-refractivity contribution in [1.82, 2.24) is 0 Å². The van der Waals surface area contributed by atoms with E-state index >= 15 is 0 Å². The number of nitrogens with two attached hydrogens (primary N) is 1. The highest BCUT2D eigenvalue weighted by molar-refractivity contribution is 7.86. The standard InChI is InChI=1S/C11H12F2N2O3S/c12-8-1-2-9(14)10(4-8)15-5-7(3-11(15)16)6-19(13,17)18/h1-2,4,7H,3,5-6,14H2. The van der Waals surface area contributed by atoms with Crippen LogP contribution in [0.15, 0.2) is 18.2 Å². The van der Waals surface area contributed by atoms with Crippen molar-refractivity contribution in [2.24, 2.45) is 5.92 Å². The summed E-state index contributed by atoms with van der Waals surface area (Å²) < 4.78 is 46.9. The molecule has 2 N–H and O–H groups in total. The highest BCUT2D eigenvalue weighted by atomic mass is 32.3. The van der Waals surface area contributed by atoms with Crippen LogP contribution in [0.5, 0.6) is 0 Å². The fraction of sp³-hybridized carbons (Fsp3) is 0.364. The molecule has 0 bridgehead atoms. The number of nitrogens with zero attached hydrogens (tertiary/aromatic N) is 1. The third kappa shape index (κ3) is 3.19. The van der Waals surface area contributed by atoms with Gasteiger partial charge in [-0.3, -0.25) is 4.79 Å². The quantitative estimate of drug-likeness (QED) is 0.666. The number of anilines is 2. The summed E-state index contributed by atoms with van der Waals surface area (Å²) in [6, 6.07) is 3.57. The lowest BCUT2D eigenvalue weighted by molar-refractivity contribution is -0.117. The van der Waals surface area contributed by atoms with Crippen molar-refractivity contribution in [3.05, 3.63) is 24.0 Å². The Bertz CT molecular complexity index is 618. The Morgan fingerprint density at radius 3 is 2.74 bits per heavy atom. The number of carbonyl (C=O) groups is 1. The average Bonchev–Trinajstić information content (AvgIpc) is 2.60. The normalized spacial score (nSPS) is 20.0. The van der Waals surface area contributed by atoms with E-state index in [2.05, 4.69) is 0 Å². The van der Waals surface area contributed by atoms with Gasteiger partial charge in [0.1, 0.15) is 5.82 Å². The molecular formula is C11H12F2N2O3S. The Labute approximate surface area is 109 Å². The van der Waals surface area contributed by atoms with Gasteiger partial charge in [-0.25, -0.2) is 4.39 Å². The number of hydrogen-bond acceptors (Lipinski definition) is 4. The zero-order valence-corrected chi connectivity index (χ0v) is 10.7. The lowest BCUT2D eigenvalue weighted by Gasteiger charge is -2.18. The number of carbonyl (C=O) groups excluding carboxylic acids is 1. The SMILES string of the molecule is Nc1ccc(F)cc1N1CC(CS(=O)(=O)F)CC1=O. The fourth-order valence-corrected chi connectivity index (χ4v) is 2.94. The molecule has 0 radical (unpaired) electrons. The number of hydrogen-bond donors (Lipinski definition) is 1. The van der Waals surface area contributed by atoms with Crippen molar-refractivity contribution in [3.8, 4) is 0 Å². The van der Waals surface area contributed by atoms with E-state index in [0.29, 0.717) is 0 Å². The van der Waals surface area contributed by atoms with Gasteiger partial charge in [0.2, 0.25) is 5.91 Å². The van der Waals surface area contributed by atoms with Crippen LogP contribution >= 0.6 is 0 Å². The molecule has 1 atom stereocenters. The van der Waals surface area contributed by atoms with Crippen LogP contribution in [0.4, 0.5) is 19.7 Å². The second-order valence-electron chi connectivity index (χ2n) is 4.48. The Morgan fingerprint density at radius 2 is 2.11 bits per heavy atom. The van der Waals surface area contributed by atoms with Crippen LogP contribution in [-0.4, -0.2) is 26.6 Å². The topological polar surface area (TPSA) is 80.5 Å². The number of amides is 1. The van der Waals surface area contributed by atoms with Crippen LogP contribution in [0.1, 0.15) is 6.42 Å². The highest BCUT2D eigenvalue weighted by Crippen LogP contribution is 2.31. The predicted molar refractivity (Wildman–Crippen MR) is 66.2 cm³/mol. The second kappa shape index (κ2) is 4.76. The summed E-state index contributed by atoms with van der Waals surface area (Å²) >= 11 is 0. The molecule has 1 unspecified atom stereocenters. The van der Waals surface area contributed by atoms with Gasteiger partial charge in [0.25, 0.3) is 0 Å². The van der Waals surface area contributed by atoms with Gasteiger partial charge < -0.3 is 10.6 Å². The Kier molecular flexibility index (Phi) is 3.44. The lowest BCUT2D eigenvalue weighted by Crippen LogP contribution is -2.26. The molecule has 0 saturated carbocycles.